The highest BCUT2D eigenvalue weighted by Gasteiger charge is 2.11. The van der Waals surface area contributed by atoms with Crippen LogP contribution in [-0.4, -0.2) is 39.1 Å². The highest BCUT2D eigenvalue weighted by molar-refractivity contribution is 5.81. The van der Waals surface area contributed by atoms with Crippen molar-refractivity contribution in [1.82, 2.24) is 15.0 Å². The monoisotopic (exact) mass is 270 g/mol. The fourth-order valence-corrected chi connectivity index (χ4v) is 1.44. The number of aromatic amines is 1. The summed E-state index contributed by atoms with van der Waals surface area (Å²) >= 11 is 0. The zero-order chi connectivity index (χ0) is 14.3. The molecule has 0 aromatic carbocycles. The van der Waals surface area contributed by atoms with Crippen molar-refractivity contribution in [3.8, 4) is 5.88 Å². The highest BCUT2D eigenvalue weighted by Crippen LogP contribution is 2.08. The van der Waals surface area contributed by atoms with E-state index in [1.807, 2.05) is 6.92 Å². The molecule has 0 aliphatic rings. The van der Waals surface area contributed by atoms with Crippen LogP contribution in [0.4, 0.5) is 0 Å². The first kappa shape index (κ1) is 15.0. The molecule has 106 valence electrons. The zero-order valence-electron chi connectivity index (χ0n) is 10.7. The SMILES string of the molecule is CCCCn1c(O)c(C=NNCCO)c(=O)[nH]c1=O. The Kier molecular flexibility index (Phi) is 5.80. The molecule has 0 saturated carbocycles. The molecule has 1 heterocycles. The summed E-state index contributed by atoms with van der Waals surface area (Å²) in [6.45, 7) is 2.40. The molecule has 0 saturated heterocycles. The predicted molar refractivity (Wildman–Crippen MR) is 70.6 cm³/mol. The number of rotatable bonds is 7. The minimum atomic E-state index is -0.704. The van der Waals surface area contributed by atoms with Gasteiger partial charge in [0.15, 0.2) is 0 Å². The molecule has 1 aromatic rings. The quantitative estimate of drug-likeness (QED) is 0.286. The molecule has 0 atom stereocenters. The number of hydrogen-bond acceptors (Lipinski definition) is 6. The smallest absolute Gasteiger partial charge is 0.331 e. The standard InChI is InChI=1S/C11H18N4O4/c1-2-3-5-15-10(18)8(7-13-12-4-6-16)9(17)14-11(15)19/h7,12,16,18H,2-6H2,1H3,(H,14,17,19). The van der Waals surface area contributed by atoms with Gasteiger partial charge in [0.1, 0.15) is 5.56 Å². The van der Waals surface area contributed by atoms with E-state index in [2.05, 4.69) is 15.5 Å². The third kappa shape index (κ3) is 3.95. The Balaban J connectivity index is 3.07. The van der Waals surface area contributed by atoms with Gasteiger partial charge in [-0.05, 0) is 6.42 Å². The Morgan fingerprint density at radius 3 is 2.84 bits per heavy atom. The Labute approximate surface area is 109 Å². The van der Waals surface area contributed by atoms with Gasteiger partial charge in [0.2, 0.25) is 5.88 Å². The molecule has 8 heteroatoms. The van der Waals surface area contributed by atoms with Crippen molar-refractivity contribution in [1.29, 1.82) is 0 Å². The van der Waals surface area contributed by atoms with Crippen LogP contribution in [0.1, 0.15) is 25.3 Å². The number of aliphatic hydroxyl groups is 1. The minimum Gasteiger partial charge on any atom is -0.494 e. The average molecular weight is 270 g/mol. The summed E-state index contributed by atoms with van der Waals surface area (Å²) in [6.07, 6.45) is 2.68. The van der Waals surface area contributed by atoms with Gasteiger partial charge in [0.25, 0.3) is 5.56 Å². The maximum Gasteiger partial charge on any atom is 0.331 e. The first-order valence-corrected chi connectivity index (χ1v) is 6.04. The number of H-pyrrole nitrogens is 1. The molecule has 0 bridgehead atoms. The molecule has 0 aliphatic carbocycles. The second kappa shape index (κ2) is 7.37. The van der Waals surface area contributed by atoms with Crippen LogP contribution in [0.25, 0.3) is 0 Å². The Morgan fingerprint density at radius 1 is 1.47 bits per heavy atom. The minimum absolute atomic E-state index is 0.0962. The maximum atomic E-state index is 11.6. The van der Waals surface area contributed by atoms with Crippen LogP contribution < -0.4 is 16.7 Å². The molecular weight excluding hydrogens is 252 g/mol. The number of aromatic hydroxyl groups is 1. The van der Waals surface area contributed by atoms with Gasteiger partial charge in [-0.25, -0.2) is 4.79 Å². The van der Waals surface area contributed by atoms with Gasteiger partial charge in [0, 0.05) is 6.54 Å². The number of unbranched alkanes of at least 4 members (excludes halogenated alkanes) is 1. The third-order valence-electron chi connectivity index (χ3n) is 2.45. The summed E-state index contributed by atoms with van der Waals surface area (Å²) in [5.74, 6) is -0.406. The van der Waals surface area contributed by atoms with Crippen LogP contribution in [-0.2, 0) is 6.54 Å². The van der Waals surface area contributed by atoms with E-state index in [4.69, 9.17) is 5.11 Å². The average Bonchev–Trinajstić information content (AvgIpc) is 2.37. The third-order valence-corrected chi connectivity index (χ3v) is 2.45. The first-order valence-electron chi connectivity index (χ1n) is 6.04. The van der Waals surface area contributed by atoms with E-state index in [0.717, 1.165) is 17.2 Å². The lowest BCUT2D eigenvalue weighted by Gasteiger charge is -2.08. The number of aliphatic hydroxyl groups excluding tert-OH is 1. The van der Waals surface area contributed by atoms with E-state index in [-0.39, 0.29) is 18.7 Å². The summed E-state index contributed by atoms with van der Waals surface area (Å²) in [7, 11) is 0. The Bertz CT molecular complexity index is 547. The van der Waals surface area contributed by atoms with Gasteiger partial charge in [-0.1, -0.05) is 13.3 Å². The van der Waals surface area contributed by atoms with E-state index >= 15 is 0 Å². The molecular formula is C11H18N4O4. The molecule has 1 rings (SSSR count). The van der Waals surface area contributed by atoms with Crippen LogP contribution >= 0.6 is 0 Å². The molecule has 0 radical (unpaired) electrons. The van der Waals surface area contributed by atoms with Crippen molar-refractivity contribution >= 4 is 6.21 Å². The van der Waals surface area contributed by atoms with Crippen LogP contribution in [0, 0.1) is 0 Å². The lowest BCUT2D eigenvalue weighted by atomic mass is 10.3. The van der Waals surface area contributed by atoms with Crippen molar-refractivity contribution in [3.05, 3.63) is 26.4 Å². The molecule has 19 heavy (non-hydrogen) atoms. The van der Waals surface area contributed by atoms with Gasteiger partial charge >= 0.3 is 5.69 Å². The number of nitrogens with zero attached hydrogens (tertiary/aromatic N) is 2. The van der Waals surface area contributed by atoms with Gasteiger partial charge in [-0.15, -0.1) is 0 Å². The normalized spacial score (nSPS) is 11.1. The number of aromatic nitrogens is 2. The van der Waals surface area contributed by atoms with E-state index in [1.54, 1.807) is 0 Å². The summed E-state index contributed by atoms with van der Waals surface area (Å²) < 4.78 is 1.10. The summed E-state index contributed by atoms with van der Waals surface area (Å²) in [5.41, 5.74) is 1.04. The van der Waals surface area contributed by atoms with E-state index in [0.29, 0.717) is 13.0 Å². The first-order chi connectivity index (χ1) is 9.11. The van der Waals surface area contributed by atoms with Crippen LogP contribution in [0.5, 0.6) is 5.88 Å². The van der Waals surface area contributed by atoms with Gasteiger partial charge in [-0.2, -0.15) is 5.10 Å². The largest absolute Gasteiger partial charge is 0.494 e. The van der Waals surface area contributed by atoms with Crippen molar-refractivity contribution in [2.24, 2.45) is 5.10 Å². The topological polar surface area (TPSA) is 120 Å². The van der Waals surface area contributed by atoms with E-state index < -0.39 is 17.1 Å². The number of hydrogen-bond donors (Lipinski definition) is 4. The molecule has 0 fully saturated rings. The van der Waals surface area contributed by atoms with Crippen LogP contribution in [0.2, 0.25) is 0 Å². The molecule has 4 N–H and O–H groups in total. The summed E-state index contributed by atoms with van der Waals surface area (Å²) in [4.78, 5) is 25.2. The van der Waals surface area contributed by atoms with Crippen molar-refractivity contribution in [2.75, 3.05) is 13.2 Å². The Hall–Kier alpha value is -2.09. The van der Waals surface area contributed by atoms with Crippen molar-refractivity contribution in [3.63, 3.8) is 0 Å². The Morgan fingerprint density at radius 2 is 2.21 bits per heavy atom. The molecule has 1 aromatic heterocycles. The maximum absolute atomic E-state index is 11.6. The molecule has 0 unspecified atom stereocenters. The second-order valence-corrected chi connectivity index (χ2v) is 3.89. The van der Waals surface area contributed by atoms with Crippen LogP contribution in [0.3, 0.4) is 0 Å². The van der Waals surface area contributed by atoms with Crippen molar-refractivity contribution < 1.29 is 10.2 Å². The highest BCUT2D eigenvalue weighted by atomic mass is 16.3. The second-order valence-electron chi connectivity index (χ2n) is 3.89. The van der Waals surface area contributed by atoms with Gasteiger partial charge in [-0.3, -0.25) is 14.3 Å². The summed E-state index contributed by atoms with van der Waals surface area (Å²) in [5, 5.41) is 22.1. The zero-order valence-corrected chi connectivity index (χ0v) is 10.7. The van der Waals surface area contributed by atoms with Crippen molar-refractivity contribution in [2.45, 2.75) is 26.3 Å². The number of nitrogens with one attached hydrogen (secondary N) is 2. The molecule has 0 aliphatic heterocycles. The lowest BCUT2D eigenvalue weighted by molar-refractivity contribution is 0.294. The van der Waals surface area contributed by atoms with E-state index in [9.17, 15) is 14.7 Å². The summed E-state index contributed by atoms with van der Waals surface area (Å²) in [6, 6.07) is 0. The molecule has 0 spiro atoms. The number of hydrazone groups is 1. The fraction of sp³-hybridized carbons (Fsp3) is 0.545. The predicted octanol–water partition coefficient (Wildman–Crippen LogP) is -1.04. The van der Waals surface area contributed by atoms with Crippen LogP contribution in [0.15, 0.2) is 14.7 Å². The lowest BCUT2D eigenvalue weighted by Crippen LogP contribution is -2.32. The van der Waals surface area contributed by atoms with Gasteiger partial charge in [0.05, 0.1) is 19.4 Å². The fourth-order valence-electron chi connectivity index (χ4n) is 1.44. The molecule has 8 nitrogen and oxygen atoms in total. The molecule has 0 amide bonds. The van der Waals surface area contributed by atoms with Gasteiger partial charge < -0.3 is 15.6 Å². The van der Waals surface area contributed by atoms with E-state index in [1.165, 1.54) is 0 Å².